The van der Waals surface area contributed by atoms with Gasteiger partial charge in [0.2, 0.25) is 0 Å². The summed E-state index contributed by atoms with van der Waals surface area (Å²) in [6.07, 6.45) is 3.96. The van der Waals surface area contributed by atoms with Gasteiger partial charge in [0.05, 0.1) is 5.69 Å². The highest BCUT2D eigenvalue weighted by atomic mass is 15.3. The molecule has 1 saturated carbocycles. The summed E-state index contributed by atoms with van der Waals surface area (Å²) in [5, 5.41) is 8.22. The van der Waals surface area contributed by atoms with Crippen LogP contribution in [0.15, 0.2) is 6.07 Å². The molecule has 102 valence electrons. The molecule has 3 heteroatoms. The molecule has 1 aliphatic carbocycles. The largest absolute Gasteiger partial charge is 0.314 e. The molecular weight excluding hydrogens is 222 g/mol. The van der Waals surface area contributed by atoms with Gasteiger partial charge in [-0.1, -0.05) is 13.8 Å². The number of nitrogens with zero attached hydrogens (tertiary/aromatic N) is 2. The van der Waals surface area contributed by atoms with Crippen molar-refractivity contribution in [2.45, 2.75) is 59.5 Å². The SMILES string of the molecule is CCNC(Cc1cc(C)nn1CC)C(C)C1CC1. The first-order chi connectivity index (χ1) is 8.65. The third-order valence-corrected chi connectivity index (χ3v) is 4.18. The van der Waals surface area contributed by atoms with E-state index in [2.05, 4.69) is 48.9 Å². The average Bonchev–Trinajstić information content (AvgIpc) is 3.12. The molecular formula is C15H27N3. The number of hydrogen-bond donors (Lipinski definition) is 1. The lowest BCUT2D eigenvalue weighted by atomic mass is 9.92. The fourth-order valence-corrected chi connectivity index (χ4v) is 2.92. The second-order valence-electron chi connectivity index (χ2n) is 5.66. The molecule has 0 spiro atoms. The van der Waals surface area contributed by atoms with Crippen molar-refractivity contribution in [1.82, 2.24) is 15.1 Å². The van der Waals surface area contributed by atoms with Crippen molar-refractivity contribution >= 4 is 0 Å². The van der Waals surface area contributed by atoms with Crippen LogP contribution in [0, 0.1) is 18.8 Å². The van der Waals surface area contributed by atoms with Crippen LogP contribution in [0.25, 0.3) is 0 Å². The summed E-state index contributed by atoms with van der Waals surface area (Å²) >= 11 is 0. The van der Waals surface area contributed by atoms with E-state index in [1.54, 1.807) is 0 Å². The van der Waals surface area contributed by atoms with Gasteiger partial charge in [0.15, 0.2) is 0 Å². The summed E-state index contributed by atoms with van der Waals surface area (Å²) in [6.45, 7) is 10.9. The van der Waals surface area contributed by atoms with Crippen LogP contribution < -0.4 is 5.32 Å². The Kier molecular flexibility index (Phi) is 4.44. The first-order valence-corrected chi connectivity index (χ1v) is 7.42. The Balaban J connectivity index is 2.06. The summed E-state index contributed by atoms with van der Waals surface area (Å²) < 4.78 is 2.15. The van der Waals surface area contributed by atoms with Crippen molar-refractivity contribution in [1.29, 1.82) is 0 Å². The van der Waals surface area contributed by atoms with Crippen molar-refractivity contribution in [3.63, 3.8) is 0 Å². The van der Waals surface area contributed by atoms with Gasteiger partial charge in [-0.2, -0.15) is 5.10 Å². The van der Waals surface area contributed by atoms with Crippen LogP contribution in [0.4, 0.5) is 0 Å². The molecule has 1 aromatic heterocycles. The lowest BCUT2D eigenvalue weighted by Crippen LogP contribution is -2.38. The first-order valence-electron chi connectivity index (χ1n) is 7.42. The molecule has 3 nitrogen and oxygen atoms in total. The number of aryl methyl sites for hydroxylation is 2. The zero-order chi connectivity index (χ0) is 13.1. The fourth-order valence-electron chi connectivity index (χ4n) is 2.92. The monoisotopic (exact) mass is 249 g/mol. The second-order valence-corrected chi connectivity index (χ2v) is 5.66. The van der Waals surface area contributed by atoms with Gasteiger partial charge in [-0.25, -0.2) is 0 Å². The van der Waals surface area contributed by atoms with Crippen LogP contribution in [0.2, 0.25) is 0 Å². The molecule has 2 unspecified atom stereocenters. The zero-order valence-corrected chi connectivity index (χ0v) is 12.2. The number of hydrogen-bond acceptors (Lipinski definition) is 2. The van der Waals surface area contributed by atoms with Gasteiger partial charge in [0, 0.05) is 24.7 Å². The van der Waals surface area contributed by atoms with Crippen LogP contribution in [-0.2, 0) is 13.0 Å². The molecule has 1 aromatic rings. The molecule has 0 radical (unpaired) electrons. The smallest absolute Gasteiger partial charge is 0.0596 e. The van der Waals surface area contributed by atoms with E-state index in [0.717, 1.165) is 37.0 Å². The molecule has 0 bridgehead atoms. The average molecular weight is 249 g/mol. The van der Waals surface area contributed by atoms with E-state index in [-0.39, 0.29) is 0 Å². The predicted molar refractivity (Wildman–Crippen MR) is 75.7 cm³/mol. The van der Waals surface area contributed by atoms with E-state index in [0.29, 0.717) is 6.04 Å². The summed E-state index contributed by atoms with van der Waals surface area (Å²) in [5.41, 5.74) is 2.52. The Bertz CT molecular complexity index is 379. The predicted octanol–water partition coefficient (Wildman–Crippen LogP) is 2.78. The van der Waals surface area contributed by atoms with Gasteiger partial charge in [-0.3, -0.25) is 4.68 Å². The molecule has 18 heavy (non-hydrogen) atoms. The molecule has 0 amide bonds. The molecule has 0 saturated heterocycles. The standard InChI is InChI=1S/C15H27N3/c1-5-16-15(12(4)13-7-8-13)10-14-9-11(3)17-18(14)6-2/h9,12-13,15-16H,5-8,10H2,1-4H3. The summed E-state index contributed by atoms with van der Waals surface area (Å²) in [6, 6.07) is 2.84. The van der Waals surface area contributed by atoms with Gasteiger partial charge in [-0.15, -0.1) is 0 Å². The first kappa shape index (κ1) is 13.6. The van der Waals surface area contributed by atoms with Crippen LogP contribution >= 0.6 is 0 Å². The van der Waals surface area contributed by atoms with E-state index < -0.39 is 0 Å². The molecule has 1 heterocycles. The Hall–Kier alpha value is -0.830. The van der Waals surface area contributed by atoms with Crippen LogP contribution in [0.3, 0.4) is 0 Å². The van der Waals surface area contributed by atoms with Gasteiger partial charge in [0.25, 0.3) is 0 Å². The van der Waals surface area contributed by atoms with E-state index in [4.69, 9.17) is 0 Å². The van der Waals surface area contributed by atoms with Gasteiger partial charge < -0.3 is 5.32 Å². The highest BCUT2D eigenvalue weighted by Gasteiger charge is 2.33. The highest BCUT2D eigenvalue weighted by Crippen LogP contribution is 2.38. The Morgan fingerprint density at radius 2 is 2.17 bits per heavy atom. The van der Waals surface area contributed by atoms with Crippen LogP contribution in [0.5, 0.6) is 0 Å². The molecule has 0 aliphatic heterocycles. The van der Waals surface area contributed by atoms with E-state index in [1.165, 1.54) is 18.5 Å². The molecule has 2 rings (SSSR count). The third kappa shape index (κ3) is 3.14. The summed E-state index contributed by atoms with van der Waals surface area (Å²) in [4.78, 5) is 0. The topological polar surface area (TPSA) is 29.9 Å². The molecule has 1 fully saturated rings. The molecule has 0 aromatic carbocycles. The van der Waals surface area contributed by atoms with Crippen molar-refractivity contribution in [2.75, 3.05) is 6.54 Å². The summed E-state index contributed by atoms with van der Waals surface area (Å²) in [7, 11) is 0. The maximum absolute atomic E-state index is 4.55. The van der Waals surface area contributed by atoms with Gasteiger partial charge in [0.1, 0.15) is 0 Å². The zero-order valence-electron chi connectivity index (χ0n) is 12.2. The van der Waals surface area contributed by atoms with Crippen molar-refractivity contribution < 1.29 is 0 Å². The van der Waals surface area contributed by atoms with Gasteiger partial charge in [-0.05, 0) is 51.1 Å². The number of nitrogens with one attached hydrogen (secondary N) is 1. The van der Waals surface area contributed by atoms with Crippen molar-refractivity contribution in [3.05, 3.63) is 17.5 Å². The summed E-state index contributed by atoms with van der Waals surface area (Å²) in [5.74, 6) is 1.73. The Labute approximate surface area is 111 Å². The van der Waals surface area contributed by atoms with E-state index in [1.807, 2.05) is 0 Å². The van der Waals surface area contributed by atoms with Crippen molar-refractivity contribution in [3.8, 4) is 0 Å². The maximum Gasteiger partial charge on any atom is 0.0596 e. The van der Waals surface area contributed by atoms with Crippen LogP contribution in [-0.4, -0.2) is 22.4 Å². The quantitative estimate of drug-likeness (QED) is 0.805. The Morgan fingerprint density at radius 3 is 2.72 bits per heavy atom. The van der Waals surface area contributed by atoms with E-state index >= 15 is 0 Å². The minimum Gasteiger partial charge on any atom is -0.314 e. The van der Waals surface area contributed by atoms with Crippen molar-refractivity contribution in [2.24, 2.45) is 11.8 Å². The number of aromatic nitrogens is 2. The highest BCUT2D eigenvalue weighted by molar-refractivity contribution is 5.11. The third-order valence-electron chi connectivity index (χ3n) is 4.18. The van der Waals surface area contributed by atoms with Crippen LogP contribution in [0.1, 0.15) is 45.0 Å². The second kappa shape index (κ2) is 5.87. The van der Waals surface area contributed by atoms with E-state index in [9.17, 15) is 0 Å². The molecule has 1 N–H and O–H groups in total. The fraction of sp³-hybridized carbons (Fsp3) is 0.800. The molecule has 2 atom stereocenters. The minimum absolute atomic E-state index is 0.601. The number of likely N-dealkylation sites (N-methyl/N-ethyl adjacent to an activating group) is 1. The number of rotatable bonds is 7. The lowest BCUT2D eigenvalue weighted by molar-refractivity contribution is 0.338. The van der Waals surface area contributed by atoms with Gasteiger partial charge >= 0.3 is 0 Å². The molecule has 1 aliphatic rings. The normalized spacial score (nSPS) is 18.9. The minimum atomic E-state index is 0.601. The lowest BCUT2D eigenvalue weighted by Gasteiger charge is -2.25. The Morgan fingerprint density at radius 1 is 1.44 bits per heavy atom. The maximum atomic E-state index is 4.55.